The van der Waals surface area contributed by atoms with Crippen LogP contribution < -0.4 is 5.32 Å². The predicted octanol–water partition coefficient (Wildman–Crippen LogP) is 2.20. The molecule has 0 atom stereocenters. The summed E-state index contributed by atoms with van der Waals surface area (Å²) in [5.74, 6) is -0.965. The molecule has 2 N–H and O–H groups in total. The first-order valence-electron chi connectivity index (χ1n) is 4.56. The molecule has 0 aliphatic heterocycles. The number of nitrogens with zero attached hydrogens (tertiary/aromatic N) is 1. The molecule has 1 aromatic heterocycles. The molecular formula is C9H12N2O2S. The van der Waals surface area contributed by atoms with Crippen molar-refractivity contribution in [1.82, 2.24) is 4.98 Å². The van der Waals surface area contributed by atoms with Crippen LogP contribution in [0.3, 0.4) is 0 Å². The van der Waals surface area contributed by atoms with Crippen molar-refractivity contribution >= 4 is 22.4 Å². The van der Waals surface area contributed by atoms with Gasteiger partial charge in [-0.05, 0) is 26.2 Å². The molecule has 14 heavy (non-hydrogen) atoms. The molecule has 2 rings (SSSR count). The van der Waals surface area contributed by atoms with E-state index in [0.29, 0.717) is 5.13 Å². The first-order valence-corrected chi connectivity index (χ1v) is 5.44. The van der Waals surface area contributed by atoms with E-state index in [2.05, 4.69) is 17.2 Å². The minimum Gasteiger partial charge on any atom is -0.476 e. The molecule has 0 saturated heterocycles. The number of thiazole rings is 1. The lowest BCUT2D eigenvalue weighted by atomic mass is 9.79. The molecule has 1 saturated carbocycles. The van der Waals surface area contributed by atoms with Gasteiger partial charge in [-0.1, -0.05) is 0 Å². The highest BCUT2D eigenvalue weighted by molar-refractivity contribution is 7.13. The smallest absolute Gasteiger partial charge is 0.355 e. The number of carboxylic acids is 1. The van der Waals surface area contributed by atoms with Crippen LogP contribution in [0.25, 0.3) is 0 Å². The van der Waals surface area contributed by atoms with Crippen molar-refractivity contribution in [2.75, 3.05) is 5.32 Å². The molecule has 1 aliphatic carbocycles. The molecule has 1 aliphatic rings. The summed E-state index contributed by atoms with van der Waals surface area (Å²) < 4.78 is 0. The SMILES string of the molecule is CC1(Nc2nc(C(=O)O)cs2)CCC1. The summed E-state index contributed by atoms with van der Waals surface area (Å²) in [6.07, 6.45) is 3.50. The second-order valence-corrected chi connectivity index (χ2v) is 4.74. The Labute approximate surface area is 86.0 Å². The van der Waals surface area contributed by atoms with Crippen molar-refractivity contribution in [3.63, 3.8) is 0 Å². The lowest BCUT2D eigenvalue weighted by molar-refractivity contribution is 0.0691. The van der Waals surface area contributed by atoms with E-state index < -0.39 is 5.97 Å². The normalized spacial score (nSPS) is 18.6. The molecule has 0 bridgehead atoms. The van der Waals surface area contributed by atoms with Crippen molar-refractivity contribution in [3.05, 3.63) is 11.1 Å². The second-order valence-electron chi connectivity index (χ2n) is 3.88. The van der Waals surface area contributed by atoms with Crippen LogP contribution in [0.5, 0.6) is 0 Å². The number of carboxylic acid groups (broad SMARTS) is 1. The van der Waals surface area contributed by atoms with Crippen molar-refractivity contribution in [3.8, 4) is 0 Å². The summed E-state index contributed by atoms with van der Waals surface area (Å²) in [7, 11) is 0. The summed E-state index contributed by atoms with van der Waals surface area (Å²) in [5, 5.41) is 14.2. The van der Waals surface area contributed by atoms with E-state index >= 15 is 0 Å². The van der Waals surface area contributed by atoms with Crippen LogP contribution in [0.2, 0.25) is 0 Å². The van der Waals surface area contributed by atoms with Crippen LogP contribution >= 0.6 is 11.3 Å². The topological polar surface area (TPSA) is 62.2 Å². The summed E-state index contributed by atoms with van der Waals surface area (Å²) in [5.41, 5.74) is 0.258. The van der Waals surface area contributed by atoms with Gasteiger partial charge in [-0.3, -0.25) is 0 Å². The molecule has 76 valence electrons. The van der Waals surface area contributed by atoms with E-state index in [1.165, 1.54) is 17.8 Å². The van der Waals surface area contributed by atoms with Crippen molar-refractivity contribution in [2.45, 2.75) is 31.7 Å². The molecule has 1 aromatic rings. The van der Waals surface area contributed by atoms with Gasteiger partial charge in [-0.15, -0.1) is 11.3 Å². The van der Waals surface area contributed by atoms with Crippen LogP contribution in [-0.4, -0.2) is 21.6 Å². The number of rotatable bonds is 3. The molecule has 0 amide bonds. The van der Waals surface area contributed by atoms with Gasteiger partial charge in [0.15, 0.2) is 10.8 Å². The second kappa shape index (κ2) is 3.24. The fourth-order valence-electron chi connectivity index (χ4n) is 1.52. The number of carbonyl (C=O) groups is 1. The first-order chi connectivity index (χ1) is 6.59. The standard InChI is InChI=1S/C9H12N2O2S/c1-9(3-2-4-9)11-8-10-6(5-14-8)7(12)13/h5H,2-4H2,1H3,(H,10,11)(H,12,13). The molecule has 0 radical (unpaired) electrons. The molecule has 0 unspecified atom stereocenters. The summed E-state index contributed by atoms with van der Waals surface area (Å²) >= 11 is 1.35. The monoisotopic (exact) mass is 212 g/mol. The third-order valence-electron chi connectivity index (χ3n) is 2.59. The Bertz CT molecular complexity index is 357. The molecule has 1 fully saturated rings. The summed E-state index contributed by atoms with van der Waals surface area (Å²) in [6, 6.07) is 0. The Kier molecular flexibility index (Phi) is 2.19. The third kappa shape index (κ3) is 1.72. The van der Waals surface area contributed by atoms with Gasteiger partial charge in [0.05, 0.1) is 0 Å². The Morgan fingerprint density at radius 2 is 2.43 bits per heavy atom. The average Bonchev–Trinajstić information content (AvgIpc) is 2.50. The fourth-order valence-corrected chi connectivity index (χ4v) is 2.35. The van der Waals surface area contributed by atoms with Crippen molar-refractivity contribution in [1.29, 1.82) is 0 Å². The van der Waals surface area contributed by atoms with Gasteiger partial charge in [0, 0.05) is 10.9 Å². The maximum atomic E-state index is 10.6. The van der Waals surface area contributed by atoms with Crippen LogP contribution in [0.15, 0.2) is 5.38 Å². The maximum absolute atomic E-state index is 10.6. The quantitative estimate of drug-likeness (QED) is 0.806. The Morgan fingerprint density at radius 1 is 1.71 bits per heavy atom. The lowest BCUT2D eigenvalue weighted by Crippen LogP contribution is -2.41. The molecule has 1 heterocycles. The van der Waals surface area contributed by atoms with E-state index in [-0.39, 0.29) is 11.2 Å². The van der Waals surface area contributed by atoms with Gasteiger partial charge in [-0.2, -0.15) is 0 Å². The molecule has 0 spiro atoms. The van der Waals surface area contributed by atoms with Crippen LogP contribution in [-0.2, 0) is 0 Å². The van der Waals surface area contributed by atoms with Gasteiger partial charge < -0.3 is 10.4 Å². The van der Waals surface area contributed by atoms with Crippen molar-refractivity contribution < 1.29 is 9.90 Å². The highest BCUT2D eigenvalue weighted by atomic mass is 32.1. The van der Waals surface area contributed by atoms with Gasteiger partial charge >= 0.3 is 5.97 Å². The number of aromatic carboxylic acids is 1. The number of anilines is 1. The third-order valence-corrected chi connectivity index (χ3v) is 3.35. The van der Waals surface area contributed by atoms with Gasteiger partial charge in [0.2, 0.25) is 0 Å². The molecular weight excluding hydrogens is 200 g/mol. The van der Waals surface area contributed by atoms with Gasteiger partial charge in [0.25, 0.3) is 0 Å². The van der Waals surface area contributed by atoms with E-state index in [4.69, 9.17) is 5.11 Å². The lowest BCUT2D eigenvalue weighted by Gasteiger charge is -2.39. The Hall–Kier alpha value is -1.10. The fraction of sp³-hybridized carbons (Fsp3) is 0.556. The number of aromatic nitrogens is 1. The highest BCUT2D eigenvalue weighted by Crippen LogP contribution is 2.35. The zero-order chi connectivity index (χ0) is 10.2. The van der Waals surface area contributed by atoms with Crippen LogP contribution in [0.1, 0.15) is 36.7 Å². The zero-order valence-corrected chi connectivity index (χ0v) is 8.73. The number of nitrogens with one attached hydrogen (secondary N) is 1. The van der Waals surface area contributed by atoms with Crippen molar-refractivity contribution in [2.24, 2.45) is 0 Å². The minimum atomic E-state index is -0.965. The van der Waals surface area contributed by atoms with Gasteiger partial charge in [-0.25, -0.2) is 9.78 Å². The highest BCUT2D eigenvalue weighted by Gasteiger charge is 2.32. The van der Waals surface area contributed by atoms with Crippen LogP contribution in [0.4, 0.5) is 5.13 Å². The molecule has 5 heteroatoms. The first kappa shape index (κ1) is 9.45. The van der Waals surface area contributed by atoms with Crippen LogP contribution in [0, 0.1) is 0 Å². The summed E-state index contributed by atoms with van der Waals surface area (Å²) in [4.78, 5) is 14.6. The Morgan fingerprint density at radius 3 is 2.86 bits per heavy atom. The minimum absolute atomic E-state index is 0.125. The van der Waals surface area contributed by atoms with E-state index in [1.54, 1.807) is 5.38 Å². The van der Waals surface area contributed by atoms with E-state index in [9.17, 15) is 4.79 Å². The number of hydrogen-bond donors (Lipinski definition) is 2. The van der Waals surface area contributed by atoms with E-state index in [1.807, 2.05) is 0 Å². The predicted molar refractivity (Wildman–Crippen MR) is 55.0 cm³/mol. The molecule has 4 nitrogen and oxygen atoms in total. The maximum Gasteiger partial charge on any atom is 0.355 e. The zero-order valence-electron chi connectivity index (χ0n) is 7.91. The summed E-state index contributed by atoms with van der Waals surface area (Å²) in [6.45, 7) is 2.14. The molecule has 0 aromatic carbocycles. The largest absolute Gasteiger partial charge is 0.476 e. The Balaban J connectivity index is 2.06. The average molecular weight is 212 g/mol. The van der Waals surface area contributed by atoms with Gasteiger partial charge in [0.1, 0.15) is 0 Å². The van der Waals surface area contributed by atoms with E-state index in [0.717, 1.165) is 12.8 Å². The number of hydrogen-bond acceptors (Lipinski definition) is 4.